The topological polar surface area (TPSA) is 81.4 Å². The Kier molecular flexibility index (Phi) is 8.00. The maximum absolute atomic E-state index is 14.5. The lowest BCUT2D eigenvalue weighted by molar-refractivity contribution is -0.275. The number of benzene rings is 1. The second-order valence-corrected chi connectivity index (χ2v) is 7.75. The highest BCUT2D eigenvalue weighted by Gasteiger charge is 2.38. The molecule has 2 heterocycles. The maximum Gasteiger partial charge on any atom is 0.573 e. The molecule has 0 saturated carbocycles. The number of ether oxygens (including phenoxy) is 1. The normalized spacial score (nSPS) is 13.8. The van der Waals surface area contributed by atoms with Crippen molar-refractivity contribution in [1.82, 2.24) is 9.55 Å². The van der Waals surface area contributed by atoms with Crippen LogP contribution in [0, 0.1) is 11.6 Å². The van der Waals surface area contributed by atoms with E-state index in [1.54, 1.807) is 0 Å². The molecule has 14 heteroatoms. The average molecular weight is 536 g/mol. The summed E-state index contributed by atoms with van der Waals surface area (Å²) in [5.41, 5.74) is -1.76. The number of pyridine rings is 2. The van der Waals surface area contributed by atoms with Crippen molar-refractivity contribution in [1.29, 1.82) is 0 Å². The molecule has 0 bridgehead atoms. The first-order valence-electron chi connectivity index (χ1n) is 10.3. The van der Waals surface area contributed by atoms with Crippen LogP contribution in [0.1, 0.15) is 34.0 Å². The number of rotatable bonds is 8. The molecule has 3 aromatic rings. The molecule has 0 aliphatic heterocycles. The zero-order valence-electron chi connectivity index (χ0n) is 18.4. The van der Waals surface area contributed by atoms with E-state index < -0.39 is 66.3 Å². The molecule has 0 spiro atoms. The highest BCUT2D eigenvalue weighted by atomic mass is 19.4. The first-order chi connectivity index (χ1) is 17.2. The molecule has 198 valence electrons. The second-order valence-electron chi connectivity index (χ2n) is 7.75. The Bertz CT molecular complexity index is 1340. The van der Waals surface area contributed by atoms with Gasteiger partial charge in [0.05, 0.1) is 12.2 Å². The van der Waals surface area contributed by atoms with Crippen LogP contribution in [0.4, 0.5) is 35.1 Å². The number of aliphatic hydroxyl groups is 1. The van der Waals surface area contributed by atoms with E-state index in [0.29, 0.717) is 16.7 Å². The maximum atomic E-state index is 14.5. The molecule has 0 amide bonds. The standard InChI is InChI=1S/C23H16F8N2O4/c24-15-2-1-7-32-21(15)14(12-3-5-18(16(25)8-12)37-23(29,30)31)9-17(34)13-4-6-20(36)33(10-13)11-19(35)22(26,27)28/h1-8,10,14,19,35H,9,11H2/t14-,19-/m0/s1. The SMILES string of the molecule is O=C(C[C@@H](c1ccc(OC(F)(F)F)c(F)c1)c1ncccc1F)c1ccc(=O)n(C[C@H](O)C(F)(F)F)c1. The van der Waals surface area contributed by atoms with E-state index in [2.05, 4.69) is 9.72 Å². The van der Waals surface area contributed by atoms with Crippen LogP contribution in [0.3, 0.4) is 0 Å². The number of nitrogens with zero attached hydrogens (tertiary/aromatic N) is 2. The lowest BCUT2D eigenvalue weighted by Crippen LogP contribution is -2.36. The quantitative estimate of drug-likeness (QED) is 0.332. The summed E-state index contributed by atoms with van der Waals surface area (Å²) in [4.78, 5) is 28.7. The summed E-state index contributed by atoms with van der Waals surface area (Å²) >= 11 is 0. The van der Waals surface area contributed by atoms with Gasteiger partial charge in [0.15, 0.2) is 23.5 Å². The van der Waals surface area contributed by atoms with Crippen LogP contribution in [0.25, 0.3) is 0 Å². The third-order valence-corrected chi connectivity index (χ3v) is 5.14. The van der Waals surface area contributed by atoms with E-state index in [-0.39, 0.29) is 16.8 Å². The summed E-state index contributed by atoms with van der Waals surface area (Å²) in [6.07, 6.45) is -11.8. The van der Waals surface area contributed by atoms with Crippen molar-refractivity contribution < 1.29 is 49.8 Å². The number of aliphatic hydroxyl groups excluding tert-OH is 1. The summed E-state index contributed by atoms with van der Waals surface area (Å²) in [7, 11) is 0. The molecule has 37 heavy (non-hydrogen) atoms. The second kappa shape index (κ2) is 10.7. The van der Waals surface area contributed by atoms with Crippen molar-refractivity contribution >= 4 is 5.78 Å². The predicted octanol–water partition coefficient (Wildman–Crippen LogP) is 4.75. The van der Waals surface area contributed by atoms with Gasteiger partial charge in [0.25, 0.3) is 5.56 Å². The van der Waals surface area contributed by atoms with E-state index in [0.717, 1.165) is 36.7 Å². The zero-order chi connectivity index (χ0) is 27.5. The van der Waals surface area contributed by atoms with E-state index in [9.17, 15) is 49.8 Å². The molecule has 0 unspecified atom stereocenters. The Hall–Kier alpha value is -3.81. The summed E-state index contributed by atoms with van der Waals surface area (Å²) in [5, 5.41) is 9.25. The van der Waals surface area contributed by atoms with E-state index in [1.807, 2.05) is 0 Å². The minimum Gasteiger partial charge on any atom is -0.403 e. The number of Topliss-reactive ketones (excluding diaryl/α,β-unsaturated/α-hetero) is 1. The monoisotopic (exact) mass is 536 g/mol. The lowest BCUT2D eigenvalue weighted by atomic mass is 9.88. The van der Waals surface area contributed by atoms with E-state index in [1.165, 1.54) is 6.07 Å². The van der Waals surface area contributed by atoms with Gasteiger partial charge < -0.3 is 14.4 Å². The van der Waals surface area contributed by atoms with Crippen molar-refractivity contribution in [2.75, 3.05) is 0 Å². The molecule has 0 aliphatic carbocycles. The minimum atomic E-state index is -5.19. The zero-order valence-corrected chi connectivity index (χ0v) is 18.4. The molecule has 6 nitrogen and oxygen atoms in total. The van der Waals surface area contributed by atoms with E-state index >= 15 is 0 Å². The molecule has 3 rings (SSSR count). The van der Waals surface area contributed by atoms with Crippen molar-refractivity contribution in [3.63, 3.8) is 0 Å². The van der Waals surface area contributed by atoms with Gasteiger partial charge in [-0.05, 0) is 35.9 Å². The first-order valence-corrected chi connectivity index (χ1v) is 10.3. The van der Waals surface area contributed by atoms with Gasteiger partial charge in [-0.25, -0.2) is 8.78 Å². The van der Waals surface area contributed by atoms with Gasteiger partial charge >= 0.3 is 12.5 Å². The summed E-state index contributed by atoms with van der Waals surface area (Å²) in [6, 6.07) is 6.19. The van der Waals surface area contributed by atoms with Gasteiger partial charge in [-0.3, -0.25) is 14.6 Å². The fourth-order valence-corrected chi connectivity index (χ4v) is 3.40. The van der Waals surface area contributed by atoms with Gasteiger partial charge in [0.1, 0.15) is 5.82 Å². The molecule has 0 radical (unpaired) electrons. The number of hydrogen-bond donors (Lipinski definition) is 1. The van der Waals surface area contributed by atoms with Crippen LogP contribution in [-0.2, 0) is 6.54 Å². The average Bonchev–Trinajstić information content (AvgIpc) is 2.79. The predicted molar refractivity (Wildman–Crippen MR) is 111 cm³/mol. The number of hydrogen-bond acceptors (Lipinski definition) is 5. The minimum absolute atomic E-state index is 0.154. The highest BCUT2D eigenvalue weighted by molar-refractivity contribution is 5.96. The van der Waals surface area contributed by atoms with E-state index in [4.69, 9.17) is 0 Å². The van der Waals surface area contributed by atoms with Gasteiger partial charge in [0.2, 0.25) is 0 Å². The number of carbonyl (C=O) groups is 1. The van der Waals surface area contributed by atoms with Crippen LogP contribution in [0.5, 0.6) is 5.75 Å². The first kappa shape index (κ1) is 27.8. The Morgan fingerprint density at radius 2 is 1.73 bits per heavy atom. The molecule has 1 N–H and O–H groups in total. The summed E-state index contributed by atoms with van der Waals surface area (Å²) < 4.78 is 108. The van der Waals surface area contributed by atoms with Gasteiger partial charge in [-0.1, -0.05) is 6.07 Å². The molecular weight excluding hydrogens is 520 g/mol. The Labute approximate surface area is 202 Å². The number of aromatic nitrogens is 2. The molecule has 1 aromatic carbocycles. The van der Waals surface area contributed by atoms with Crippen LogP contribution >= 0.6 is 0 Å². The Balaban J connectivity index is 1.97. The fraction of sp³-hybridized carbons (Fsp3) is 0.261. The lowest BCUT2D eigenvalue weighted by Gasteiger charge is -2.19. The molecule has 0 aliphatic rings. The Morgan fingerprint density at radius 1 is 1.03 bits per heavy atom. The van der Waals surface area contributed by atoms with Crippen LogP contribution < -0.4 is 10.3 Å². The smallest absolute Gasteiger partial charge is 0.403 e. The van der Waals surface area contributed by atoms with Crippen molar-refractivity contribution in [2.24, 2.45) is 0 Å². The highest BCUT2D eigenvalue weighted by Crippen LogP contribution is 2.34. The number of carbonyl (C=O) groups excluding carboxylic acids is 1. The van der Waals surface area contributed by atoms with Gasteiger partial charge in [0, 0.05) is 36.4 Å². The number of ketones is 1. The molecular formula is C23H16F8N2O4. The number of halogens is 8. The fourth-order valence-electron chi connectivity index (χ4n) is 3.40. The van der Waals surface area contributed by atoms with Gasteiger partial charge in [-0.2, -0.15) is 13.2 Å². The molecule has 2 aromatic heterocycles. The third kappa shape index (κ3) is 7.12. The van der Waals surface area contributed by atoms with Crippen molar-refractivity contribution in [3.8, 4) is 5.75 Å². The number of alkyl halides is 6. The summed E-state index contributed by atoms with van der Waals surface area (Å²) in [6.45, 7) is -1.20. The third-order valence-electron chi connectivity index (χ3n) is 5.14. The van der Waals surface area contributed by atoms with Crippen LogP contribution in [0.2, 0.25) is 0 Å². The van der Waals surface area contributed by atoms with Crippen molar-refractivity contribution in [2.45, 2.75) is 37.5 Å². The molecule has 2 atom stereocenters. The summed E-state index contributed by atoms with van der Waals surface area (Å²) in [5.74, 6) is -5.74. The van der Waals surface area contributed by atoms with Crippen molar-refractivity contribution in [3.05, 3.63) is 93.7 Å². The van der Waals surface area contributed by atoms with Gasteiger partial charge in [-0.15, -0.1) is 13.2 Å². The molecule has 0 saturated heterocycles. The Morgan fingerprint density at radius 3 is 2.32 bits per heavy atom. The van der Waals surface area contributed by atoms with Crippen LogP contribution in [-0.4, -0.2) is 39.1 Å². The molecule has 0 fully saturated rings. The van der Waals surface area contributed by atoms with Crippen LogP contribution in [0.15, 0.2) is 59.7 Å². The largest absolute Gasteiger partial charge is 0.573 e.